The fraction of sp³-hybridized carbons (Fsp3) is 0.136. The van der Waals surface area contributed by atoms with Crippen molar-refractivity contribution in [1.29, 1.82) is 0 Å². The van der Waals surface area contributed by atoms with Gasteiger partial charge in [0, 0.05) is 0 Å². The third-order valence-electron chi connectivity index (χ3n) is 4.69. The summed E-state index contributed by atoms with van der Waals surface area (Å²) in [5, 5.41) is 18.4. The Morgan fingerprint density at radius 1 is 1.03 bits per heavy atom. The number of nitrogens with zero attached hydrogens (tertiary/aromatic N) is 2. The number of carbonyl (C=O) groups excluding carboxylic acids is 2. The first-order valence-electron chi connectivity index (χ1n) is 9.08. The predicted octanol–water partition coefficient (Wildman–Crippen LogP) is 2.52. The van der Waals surface area contributed by atoms with Crippen LogP contribution in [0.5, 0.6) is 0 Å². The number of carboxylic acid groups (broad SMARTS) is 2. The highest BCUT2D eigenvalue weighted by Gasteiger charge is 2.29. The van der Waals surface area contributed by atoms with Crippen molar-refractivity contribution < 1.29 is 34.1 Å². The van der Waals surface area contributed by atoms with Crippen molar-refractivity contribution in [3.8, 4) is 11.1 Å². The second-order valence-electron chi connectivity index (χ2n) is 6.65. The van der Waals surface area contributed by atoms with Gasteiger partial charge in [-0.3, -0.25) is 14.5 Å². The molecule has 0 fully saturated rings. The van der Waals surface area contributed by atoms with Crippen LogP contribution in [0.2, 0.25) is 0 Å². The van der Waals surface area contributed by atoms with Gasteiger partial charge in [0.05, 0.1) is 18.2 Å². The molecule has 0 radical (unpaired) electrons. The second-order valence-corrected chi connectivity index (χ2v) is 6.65. The molecule has 2 aromatic carbocycles. The highest BCUT2D eigenvalue weighted by atomic mass is 16.5. The molecule has 1 amide bonds. The maximum Gasteiger partial charge on any atom is 0.335 e. The summed E-state index contributed by atoms with van der Waals surface area (Å²) in [6.07, 6.45) is 1.44. The number of hydrogen-bond acceptors (Lipinski definition) is 6. The van der Waals surface area contributed by atoms with Crippen molar-refractivity contribution in [2.24, 2.45) is 4.99 Å². The van der Waals surface area contributed by atoms with Crippen LogP contribution in [0.4, 0.5) is 0 Å². The van der Waals surface area contributed by atoms with Crippen LogP contribution in [0.1, 0.15) is 33.2 Å². The number of rotatable bonds is 6. The van der Waals surface area contributed by atoms with Gasteiger partial charge < -0.3 is 14.9 Å². The number of carboxylic acids is 2. The molecule has 158 valence electrons. The summed E-state index contributed by atoms with van der Waals surface area (Å²) in [5.41, 5.74) is 1.77. The standard InChI is InChI=1S/C22H18N2O7/c1-12-23-18(20(26)24(12)11-19(25)31-2)10-16-9-15(22(29)30)7-8-17(16)13-3-5-14(6-4-13)21(27)28/h3-10H,11H2,1-2H3,(H,27,28)(H,29,30)/b18-10-. The van der Waals surface area contributed by atoms with Gasteiger partial charge >= 0.3 is 17.9 Å². The molecule has 0 saturated heterocycles. The first-order chi connectivity index (χ1) is 14.7. The molecule has 0 saturated carbocycles. The number of hydrogen-bond donors (Lipinski definition) is 2. The van der Waals surface area contributed by atoms with Crippen molar-refractivity contribution >= 4 is 35.7 Å². The monoisotopic (exact) mass is 422 g/mol. The second kappa shape index (κ2) is 8.62. The molecule has 0 spiro atoms. The average Bonchev–Trinajstić information content (AvgIpc) is 3.00. The van der Waals surface area contributed by atoms with Gasteiger partial charge in [-0.2, -0.15) is 0 Å². The number of aliphatic imine (C=N–C) groups is 1. The van der Waals surface area contributed by atoms with Crippen LogP contribution in [-0.2, 0) is 14.3 Å². The molecule has 1 aliphatic rings. The first kappa shape index (κ1) is 21.4. The van der Waals surface area contributed by atoms with E-state index in [1.165, 1.54) is 42.4 Å². The summed E-state index contributed by atoms with van der Waals surface area (Å²) in [5.74, 6) is -3.02. The Hall–Kier alpha value is -4.27. The average molecular weight is 422 g/mol. The van der Waals surface area contributed by atoms with Gasteiger partial charge in [0.2, 0.25) is 0 Å². The van der Waals surface area contributed by atoms with Gasteiger partial charge in [0.1, 0.15) is 18.1 Å². The number of aromatic carboxylic acids is 2. The Labute approximate surface area is 176 Å². The molecule has 2 aromatic rings. The molecule has 2 N–H and O–H groups in total. The zero-order valence-corrected chi connectivity index (χ0v) is 16.7. The van der Waals surface area contributed by atoms with E-state index < -0.39 is 23.8 Å². The van der Waals surface area contributed by atoms with E-state index in [1.54, 1.807) is 25.1 Å². The van der Waals surface area contributed by atoms with Crippen molar-refractivity contribution in [2.75, 3.05) is 13.7 Å². The molecule has 1 heterocycles. The SMILES string of the molecule is COC(=O)CN1C(=O)/C(=C/c2cc(C(=O)O)ccc2-c2ccc(C(=O)O)cc2)N=C1C. The number of benzene rings is 2. The first-order valence-corrected chi connectivity index (χ1v) is 9.08. The van der Waals surface area contributed by atoms with Crippen molar-refractivity contribution in [1.82, 2.24) is 4.90 Å². The van der Waals surface area contributed by atoms with Gasteiger partial charge in [-0.1, -0.05) is 18.2 Å². The fourth-order valence-corrected chi connectivity index (χ4v) is 3.06. The molecule has 9 heteroatoms. The summed E-state index contributed by atoms with van der Waals surface area (Å²) >= 11 is 0. The number of amidine groups is 1. The van der Waals surface area contributed by atoms with Crippen LogP contribution in [0.25, 0.3) is 17.2 Å². The molecule has 9 nitrogen and oxygen atoms in total. The third-order valence-corrected chi connectivity index (χ3v) is 4.69. The van der Waals surface area contributed by atoms with Gasteiger partial charge in [-0.05, 0) is 54.0 Å². The molecule has 3 rings (SSSR count). The Morgan fingerprint density at radius 2 is 1.65 bits per heavy atom. The van der Waals surface area contributed by atoms with Crippen molar-refractivity contribution in [3.63, 3.8) is 0 Å². The summed E-state index contributed by atoms with van der Waals surface area (Å²) in [7, 11) is 1.21. The lowest BCUT2D eigenvalue weighted by Gasteiger charge is -2.13. The normalized spacial score (nSPS) is 14.5. The van der Waals surface area contributed by atoms with Gasteiger partial charge in [0.25, 0.3) is 5.91 Å². The van der Waals surface area contributed by atoms with E-state index >= 15 is 0 Å². The van der Waals surface area contributed by atoms with Crippen LogP contribution in [0.3, 0.4) is 0 Å². The Kier molecular flexibility index (Phi) is 5.96. The molecule has 0 atom stereocenters. The topological polar surface area (TPSA) is 134 Å². The van der Waals surface area contributed by atoms with E-state index in [0.717, 1.165) is 0 Å². The van der Waals surface area contributed by atoms with E-state index in [4.69, 9.17) is 5.11 Å². The van der Waals surface area contributed by atoms with Crippen molar-refractivity contribution in [2.45, 2.75) is 6.92 Å². The van der Waals surface area contributed by atoms with Gasteiger partial charge in [-0.15, -0.1) is 0 Å². The smallest absolute Gasteiger partial charge is 0.335 e. The van der Waals surface area contributed by atoms with Crippen LogP contribution in [-0.4, -0.2) is 58.4 Å². The summed E-state index contributed by atoms with van der Waals surface area (Å²) in [4.78, 5) is 52.2. The molecule has 0 aromatic heterocycles. The number of ether oxygens (including phenoxy) is 1. The van der Waals surface area contributed by atoms with E-state index in [9.17, 15) is 24.3 Å². The molecule has 0 unspecified atom stereocenters. The Morgan fingerprint density at radius 3 is 2.23 bits per heavy atom. The number of carbonyl (C=O) groups is 4. The summed E-state index contributed by atoms with van der Waals surface area (Å²) in [6.45, 7) is 1.28. The lowest BCUT2D eigenvalue weighted by molar-refractivity contribution is -0.143. The summed E-state index contributed by atoms with van der Waals surface area (Å²) < 4.78 is 4.59. The molecule has 0 bridgehead atoms. The highest BCUT2D eigenvalue weighted by molar-refractivity contribution is 6.15. The van der Waals surface area contributed by atoms with Crippen molar-refractivity contribution in [3.05, 3.63) is 64.9 Å². The van der Waals surface area contributed by atoms with Gasteiger partial charge in [0.15, 0.2) is 0 Å². The van der Waals surface area contributed by atoms with Crippen LogP contribution >= 0.6 is 0 Å². The van der Waals surface area contributed by atoms with Crippen LogP contribution in [0, 0.1) is 0 Å². The minimum Gasteiger partial charge on any atom is -0.478 e. The largest absolute Gasteiger partial charge is 0.478 e. The van der Waals surface area contributed by atoms with Crippen LogP contribution in [0.15, 0.2) is 53.2 Å². The fourth-order valence-electron chi connectivity index (χ4n) is 3.06. The van der Waals surface area contributed by atoms with E-state index in [2.05, 4.69) is 9.73 Å². The summed E-state index contributed by atoms with van der Waals surface area (Å²) in [6, 6.07) is 10.4. The zero-order chi connectivity index (χ0) is 22.7. The minimum absolute atomic E-state index is 0.00956. The maximum atomic E-state index is 12.7. The zero-order valence-electron chi connectivity index (χ0n) is 16.7. The van der Waals surface area contributed by atoms with Gasteiger partial charge in [-0.25, -0.2) is 14.6 Å². The third kappa shape index (κ3) is 4.50. The molecular weight excluding hydrogens is 404 g/mol. The molecule has 1 aliphatic heterocycles. The quantitative estimate of drug-likeness (QED) is 0.540. The Balaban J connectivity index is 2.06. The molecule has 31 heavy (non-hydrogen) atoms. The van der Waals surface area contributed by atoms with E-state index in [1.807, 2.05) is 0 Å². The van der Waals surface area contributed by atoms with E-state index in [0.29, 0.717) is 22.5 Å². The maximum absolute atomic E-state index is 12.7. The lowest BCUT2D eigenvalue weighted by Crippen LogP contribution is -2.35. The Bertz CT molecular complexity index is 1150. The number of methoxy groups -OCH3 is 1. The number of esters is 1. The lowest BCUT2D eigenvalue weighted by atomic mass is 9.96. The minimum atomic E-state index is -1.14. The number of amides is 1. The van der Waals surface area contributed by atoms with Crippen LogP contribution < -0.4 is 0 Å². The molecule has 0 aliphatic carbocycles. The molecular formula is C22H18N2O7. The predicted molar refractivity (Wildman–Crippen MR) is 111 cm³/mol. The van der Waals surface area contributed by atoms with E-state index in [-0.39, 0.29) is 23.4 Å². The highest BCUT2D eigenvalue weighted by Crippen LogP contribution is 2.29.